The van der Waals surface area contributed by atoms with Crippen molar-refractivity contribution in [3.8, 4) is 0 Å². The third kappa shape index (κ3) is 5.03. The lowest BCUT2D eigenvalue weighted by atomic mass is 10.0. The van der Waals surface area contributed by atoms with Crippen LogP contribution in [0.15, 0.2) is 24.3 Å². The molecule has 0 bridgehead atoms. The van der Waals surface area contributed by atoms with Crippen LogP contribution in [0.25, 0.3) is 0 Å². The van der Waals surface area contributed by atoms with Gasteiger partial charge in [0.05, 0.1) is 0 Å². The molecule has 1 atom stereocenters. The SMILES string of the molecule is CCCCC(C)C(=O)NCc1ccc(C)cc1. The molecule has 1 aromatic carbocycles. The average Bonchev–Trinajstić information content (AvgIpc) is 2.34. The van der Waals surface area contributed by atoms with E-state index in [4.69, 9.17) is 0 Å². The summed E-state index contributed by atoms with van der Waals surface area (Å²) in [5.74, 6) is 0.291. The zero-order valence-electron chi connectivity index (χ0n) is 11.1. The van der Waals surface area contributed by atoms with Gasteiger partial charge in [-0.15, -0.1) is 0 Å². The van der Waals surface area contributed by atoms with Crippen LogP contribution in [-0.4, -0.2) is 5.91 Å². The molecule has 17 heavy (non-hydrogen) atoms. The van der Waals surface area contributed by atoms with E-state index in [2.05, 4.69) is 43.4 Å². The molecule has 0 fully saturated rings. The molecule has 0 heterocycles. The highest BCUT2D eigenvalue weighted by Crippen LogP contribution is 2.08. The lowest BCUT2D eigenvalue weighted by molar-refractivity contribution is -0.124. The Morgan fingerprint density at radius 1 is 1.29 bits per heavy atom. The van der Waals surface area contributed by atoms with Crippen LogP contribution in [0.3, 0.4) is 0 Å². The minimum atomic E-state index is 0.125. The Bertz CT molecular complexity index is 342. The fourth-order valence-electron chi connectivity index (χ4n) is 1.71. The second-order valence-electron chi connectivity index (χ2n) is 4.75. The molecule has 0 aliphatic rings. The number of carbonyl (C=O) groups is 1. The molecule has 0 saturated carbocycles. The molecular weight excluding hydrogens is 210 g/mol. The number of amides is 1. The Morgan fingerprint density at radius 3 is 2.53 bits per heavy atom. The Balaban J connectivity index is 2.34. The molecule has 1 rings (SSSR count). The minimum absolute atomic E-state index is 0.125. The van der Waals surface area contributed by atoms with Crippen molar-refractivity contribution in [2.24, 2.45) is 5.92 Å². The van der Waals surface area contributed by atoms with Crippen molar-refractivity contribution in [2.75, 3.05) is 0 Å². The molecule has 0 aliphatic heterocycles. The van der Waals surface area contributed by atoms with Crippen molar-refractivity contribution >= 4 is 5.91 Å². The monoisotopic (exact) mass is 233 g/mol. The van der Waals surface area contributed by atoms with E-state index >= 15 is 0 Å². The molecule has 1 amide bonds. The van der Waals surface area contributed by atoms with Crippen molar-refractivity contribution in [2.45, 2.75) is 46.6 Å². The molecular formula is C15H23NO. The van der Waals surface area contributed by atoms with Crippen molar-refractivity contribution in [1.29, 1.82) is 0 Å². The van der Waals surface area contributed by atoms with Gasteiger partial charge in [0.25, 0.3) is 0 Å². The maximum Gasteiger partial charge on any atom is 0.223 e. The number of hydrogen-bond donors (Lipinski definition) is 1. The molecule has 0 aromatic heterocycles. The zero-order chi connectivity index (χ0) is 12.7. The summed E-state index contributed by atoms with van der Waals surface area (Å²) in [4.78, 5) is 11.8. The molecule has 94 valence electrons. The van der Waals surface area contributed by atoms with Crippen molar-refractivity contribution in [1.82, 2.24) is 5.32 Å². The number of hydrogen-bond acceptors (Lipinski definition) is 1. The van der Waals surface area contributed by atoms with Gasteiger partial charge in [-0.05, 0) is 18.9 Å². The summed E-state index contributed by atoms with van der Waals surface area (Å²) in [5, 5.41) is 2.99. The van der Waals surface area contributed by atoms with Crippen LogP contribution in [-0.2, 0) is 11.3 Å². The highest BCUT2D eigenvalue weighted by Gasteiger charge is 2.11. The van der Waals surface area contributed by atoms with Gasteiger partial charge in [0.1, 0.15) is 0 Å². The second-order valence-corrected chi connectivity index (χ2v) is 4.75. The summed E-state index contributed by atoms with van der Waals surface area (Å²) in [5.41, 5.74) is 2.41. The predicted molar refractivity (Wildman–Crippen MR) is 71.7 cm³/mol. The van der Waals surface area contributed by atoms with Gasteiger partial charge in [-0.25, -0.2) is 0 Å². The summed E-state index contributed by atoms with van der Waals surface area (Å²) in [7, 11) is 0. The molecule has 1 N–H and O–H groups in total. The van der Waals surface area contributed by atoms with Crippen LogP contribution in [0.2, 0.25) is 0 Å². The first-order valence-electron chi connectivity index (χ1n) is 6.46. The normalized spacial score (nSPS) is 12.2. The Morgan fingerprint density at radius 2 is 1.94 bits per heavy atom. The van der Waals surface area contributed by atoms with Crippen molar-refractivity contribution in [3.63, 3.8) is 0 Å². The summed E-state index contributed by atoms with van der Waals surface area (Å²) in [6.07, 6.45) is 3.25. The molecule has 0 spiro atoms. The van der Waals surface area contributed by atoms with Crippen molar-refractivity contribution in [3.05, 3.63) is 35.4 Å². The standard InChI is InChI=1S/C15H23NO/c1-4-5-6-13(3)15(17)16-11-14-9-7-12(2)8-10-14/h7-10,13H,4-6,11H2,1-3H3,(H,16,17). The molecule has 0 radical (unpaired) electrons. The summed E-state index contributed by atoms with van der Waals surface area (Å²) < 4.78 is 0. The molecule has 2 heteroatoms. The van der Waals surface area contributed by atoms with E-state index in [1.54, 1.807) is 0 Å². The van der Waals surface area contributed by atoms with Crippen molar-refractivity contribution < 1.29 is 4.79 Å². The number of aryl methyl sites for hydroxylation is 1. The van der Waals surface area contributed by atoms with Gasteiger partial charge < -0.3 is 5.32 Å². The van der Waals surface area contributed by atoms with Gasteiger partial charge >= 0.3 is 0 Å². The van der Waals surface area contributed by atoms with Gasteiger partial charge in [0.15, 0.2) is 0 Å². The maximum atomic E-state index is 11.8. The predicted octanol–water partition coefficient (Wildman–Crippen LogP) is 3.44. The average molecular weight is 233 g/mol. The first kappa shape index (κ1) is 13.8. The van der Waals surface area contributed by atoms with Gasteiger partial charge in [-0.2, -0.15) is 0 Å². The minimum Gasteiger partial charge on any atom is -0.352 e. The summed E-state index contributed by atoms with van der Waals surface area (Å²) >= 11 is 0. The van der Waals surface area contributed by atoms with E-state index < -0.39 is 0 Å². The lowest BCUT2D eigenvalue weighted by Crippen LogP contribution is -2.28. The van der Waals surface area contributed by atoms with Crippen LogP contribution in [0.4, 0.5) is 0 Å². The van der Waals surface area contributed by atoms with Gasteiger partial charge in [0, 0.05) is 12.5 Å². The maximum absolute atomic E-state index is 11.8. The number of nitrogens with one attached hydrogen (secondary N) is 1. The molecule has 0 saturated heterocycles. The van der Waals surface area contributed by atoms with E-state index in [0.717, 1.165) is 24.8 Å². The Hall–Kier alpha value is -1.31. The third-order valence-corrected chi connectivity index (χ3v) is 3.03. The molecule has 1 unspecified atom stereocenters. The Labute approximate surface area is 104 Å². The zero-order valence-corrected chi connectivity index (χ0v) is 11.1. The van der Waals surface area contributed by atoms with Crippen LogP contribution in [0.5, 0.6) is 0 Å². The van der Waals surface area contributed by atoms with E-state index in [0.29, 0.717) is 6.54 Å². The van der Waals surface area contributed by atoms with E-state index in [1.807, 2.05) is 6.92 Å². The highest BCUT2D eigenvalue weighted by molar-refractivity contribution is 5.78. The fraction of sp³-hybridized carbons (Fsp3) is 0.533. The van der Waals surface area contributed by atoms with Gasteiger partial charge in [-0.3, -0.25) is 4.79 Å². The van der Waals surface area contributed by atoms with E-state index in [9.17, 15) is 4.79 Å². The number of unbranched alkanes of at least 4 members (excludes halogenated alkanes) is 1. The van der Waals surface area contributed by atoms with Crippen LogP contribution in [0.1, 0.15) is 44.2 Å². The highest BCUT2D eigenvalue weighted by atomic mass is 16.1. The molecule has 2 nitrogen and oxygen atoms in total. The Kier molecular flexibility index (Phi) is 5.75. The van der Waals surface area contributed by atoms with Gasteiger partial charge in [0.2, 0.25) is 5.91 Å². The van der Waals surface area contributed by atoms with Gasteiger partial charge in [-0.1, -0.05) is 56.5 Å². The summed E-state index contributed by atoms with van der Waals surface area (Å²) in [6, 6.07) is 8.27. The lowest BCUT2D eigenvalue weighted by Gasteiger charge is -2.11. The smallest absolute Gasteiger partial charge is 0.223 e. The number of benzene rings is 1. The van der Waals surface area contributed by atoms with Crippen LogP contribution >= 0.6 is 0 Å². The van der Waals surface area contributed by atoms with Crippen LogP contribution in [0, 0.1) is 12.8 Å². The topological polar surface area (TPSA) is 29.1 Å². The quantitative estimate of drug-likeness (QED) is 0.801. The van der Waals surface area contributed by atoms with E-state index in [1.165, 1.54) is 5.56 Å². The fourth-order valence-corrected chi connectivity index (χ4v) is 1.71. The molecule has 1 aromatic rings. The first-order valence-corrected chi connectivity index (χ1v) is 6.46. The molecule has 0 aliphatic carbocycles. The van der Waals surface area contributed by atoms with E-state index in [-0.39, 0.29) is 11.8 Å². The largest absolute Gasteiger partial charge is 0.352 e. The number of rotatable bonds is 6. The van der Waals surface area contributed by atoms with Crippen LogP contribution < -0.4 is 5.32 Å². The first-order chi connectivity index (χ1) is 8.13. The second kappa shape index (κ2) is 7.10. The number of carbonyl (C=O) groups excluding carboxylic acids is 1. The third-order valence-electron chi connectivity index (χ3n) is 3.03. The summed E-state index contributed by atoms with van der Waals surface area (Å²) in [6.45, 7) is 6.85.